The highest BCUT2D eigenvalue weighted by molar-refractivity contribution is 5.19. The van der Waals surface area contributed by atoms with Crippen molar-refractivity contribution in [2.24, 2.45) is 0 Å². The lowest BCUT2D eigenvalue weighted by molar-refractivity contribution is 0.365. The number of nitrogens with zero attached hydrogens (tertiary/aromatic N) is 2. The van der Waals surface area contributed by atoms with E-state index >= 15 is 0 Å². The Morgan fingerprint density at radius 3 is 2.76 bits per heavy atom. The van der Waals surface area contributed by atoms with Crippen molar-refractivity contribution in [2.45, 2.75) is 19.9 Å². The lowest BCUT2D eigenvalue weighted by Crippen LogP contribution is -2.11. The summed E-state index contributed by atoms with van der Waals surface area (Å²) in [7, 11) is 0. The molecule has 90 valence electrons. The van der Waals surface area contributed by atoms with E-state index in [9.17, 15) is 4.39 Å². The molecule has 0 atom stereocenters. The Labute approximate surface area is 98.8 Å². The first-order valence-electron chi connectivity index (χ1n) is 5.54. The second-order valence-corrected chi connectivity index (χ2v) is 3.69. The van der Waals surface area contributed by atoms with Gasteiger partial charge in [-0.05, 0) is 24.2 Å². The maximum atomic E-state index is 12.7. The molecule has 0 unspecified atom stereocenters. The van der Waals surface area contributed by atoms with Gasteiger partial charge in [0.15, 0.2) is 5.82 Å². The van der Waals surface area contributed by atoms with Gasteiger partial charge >= 0.3 is 0 Å². The van der Waals surface area contributed by atoms with Crippen molar-refractivity contribution in [3.63, 3.8) is 0 Å². The van der Waals surface area contributed by atoms with Gasteiger partial charge in [-0.1, -0.05) is 24.2 Å². The van der Waals surface area contributed by atoms with Gasteiger partial charge in [0.1, 0.15) is 5.82 Å². The fourth-order valence-corrected chi connectivity index (χ4v) is 1.45. The van der Waals surface area contributed by atoms with E-state index in [4.69, 9.17) is 4.52 Å². The molecule has 2 aromatic rings. The molecule has 5 heteroatoms. The standard InChI is InChI=1S/C12H14FN3O/c1-2-14-8-12-15-11(16-17-12)7-9-3-5-10(13)6-4-9/h3-6,14H,2,7-8H2,1H3. The van der Waals surface area contributed by atoms with E-state index in [1.54, 1.807) is 12.1 Å². The van der Waals surface area contributed by atoms with Crippen molar-refractivity contribution in [3.8, 4) is 0 Å². The van der Waals surface area contributed by atoms with E-state index in [0.717, 1.165) is 12.1 Å². The first kappa shape index (κ1) is 11.7. The van der Waals surface area contributed by atoms with E-state index in [-0.39, 0.29) is 5.82 Å². The van der Waals surface area contributed by atoms with Crippen molar-refractivity contribution < 1.29 is 8.91 Å². The zero-order valence-electron chi connectivity index (χ0n) is 9.61. The molecule has 0 bridgehead atoms. The minimum absolute atomic E-state index is 0.241. The average molecular weight is 235 g/mol. The van der Waals surface area contributed by atoms with Gasteiger partial charge in [0.25, 0.3) is 0 Å². The van der Waals surface area contributed by atoms with E-state index in [1.807, 2.05) is 6.92 Å². The monoisotopic (exact) mass is 235 g/mol. The minimum atomic E-state index is -0.241. The molecule has 0 aliphatic heterocycles. The van der Waals surface area contributed by atoms with Crippen molar-refractivity contribution in [1.29, 1.82) is 0 Å². The maximum Gasteiger partial charge on any atom is 0.240 e. The van der Waals surface area contributed by atoms with E-state index in [1.165, 1.54) is 12.1 Å². The molecule has 17 heavy (non-hydrogen) atoms. The summed E-state index contributed by atoms with van der Waals surface area (Å²) in [4.78, 5) is 4.23. The lowest BCUT2D eigenvalue weighted by Gasteiger charge is -1.95. The van der Waals surface area contributed by atoms with Crippen LogP contribution >= 0.6 is 0 Å². The first-order valence-corrected chi connectivity index (χ1v) is 5.54. The third-order valence-corrected chi connectivity index (χ3v) is 2.31. The maximum absolute atomic E-state index is 12.7. The molecule has 0 fully saturated rings. The molecule has 0 aliphatic carbocycles. The number of rotatable bonds is 5. The molecule has 2 rings (SSSR count). The van der Waals surface area contributed by atoms with Crippen LogP contribution in [-0.4, -0.2) is 16.7 Å². The molecular weight excluding hydrogens is 221 g/mol. The van der Waals surface area contributed by atoms with Gasteiger partial charge in [0, 0.05) is 6.42 Å². The average Bonchev–Trinajstić information content (AvgIpc) is 2.77. The number of hydrogen-bond acceptors (Lipinski definition) is 4. The van der Waals surface area contributed by atoms with Gasteiger partial charge in [-0.2, -0.15) is 4.98 Å². The summed E-state index contributed by atoms with van der Waals surface area (Å²) in [5.41, 5.74) is 0.960. The third kappa shape index (κ3) is 3.35. The highest BCUT2D eigenvalue weighted by Crippen LogP contribution is 2.08. The molecule has 0 amide bonds. The summed E-state index contributed by atoms with van der Waals surface area (Å²) < 4.78 is 17.8. The highest BCUT2D eigenvalue weighted by Gasteiger charge is 2.06. The topological polar surface area (TPSA) is 51.0 Å². The van der Waals surface area contributed by atoms with Gasteiger partial charge in [-0.3, -0.25) is 0 Å². The van der Waals surface area contributed by atoms with E-state index in [2.05, 4.69) is 15.5 Å². The van der Waals surface area contributed by atoms with Crippen molar-refractivity contribution in [2.75, 3.05) is 6.54 Å². The summed E-state index contributed by atoms with van der Waals surface area (Å²) in [5.74, 6) is 0.947. The quantitative estimate of drug-likeness (QED) is 0.860. The molecule has 1 aromatic heterocycles. The number of aromatic nitrogens is 2. The Morgan fingerprint density at radius 1 is 1.29 bits per heavy atom. The van der Waals surface area contributed by atoms with Crippen molar-refractivity contribution in [3.05, 3.63) is 47.4 Å². The second-order valence-electron chi connectivity index (χ2n) is 3.69. The third-order valence-electron chi connectivity index (χ3n) is 2.31. The number of halogens is 1. The van der Waals surface area contributed by atoms with Crippen LogP contribution < -0.4 is 5.32 Å². The van der Waals surface area contributed by atoms with Gasteiger partial charge in [0.05, 0.1) is 6.54 Å². The van der Waals surface area contributed by atoms with Gasteiger partial charge in [0.2, 0.25) is 5.89 Å². The Bertz CT molecular complexity index is 467. The van der Waals surface area contributed by atoms with Crippen LogP contribution in [-0.2, 0) is 13.0 Å². The first-order chi connectivity index (χ1) is 8.28. The van der Waals surface area contributed by atoms with Gasteiger partial charge in [-0.15, -0.1) is 0 Å². The molecule has 4 nitrogen and oxygen atoms in total. The molecule has 0 aliphatic rings. The summed E-state index contributed by atoms with van der Waals surface area (Å²) in [6.45, 7) is 3.44. The largest absolute Gasteiger partial charge is 0.338 e. The predicted octanol–water partition coefficient (Wildman–Crippen LogP) is 1.91. The molecule has 0 saturated carbocycles. The SMILES string of the molecule is CCNCc1nc(Cc2ccc(F)cc2)no1. The van der Waals surface area contributed by atoms with Crippen LogP contribution in [0, 0.1) is 5.82 Å². The van der Waals surface area contributed by atoms with Crippen LogP contribution in [0.3, 0.4) is 0 Å². The van der Waals surface area contributed by atoms with Gasteiger partial charge < -0.3 is 9.84 Å². The van der Waals surface area contributed by atoms with Crippen LogP contribution in [0.15, 0.2) is 28.8 Å². The fourth-order valence-electron chi connectivity index (χ4n) is 1.45. The molecule has 1 N–H and O–H groups in total. The Hall–Kier alpha value is -1.75. The number of nitrogens with one attached hydrogen (secondary N) is 1. The number of benzene rings is 1. The lowest BCUT2D eigenvalue weighted by atomic mass is 10.1. The molecule has 1 heterocycles. The Morgan fingerprint density at radius 2 is 2.06 bits per heavy atom. The van der Waals surface area contributed by atoms with Crippen LogP contribution in [0.2, 0.25) is 0 Å². The normalized spacial score (nSPS) is 10.7. The fraction of sp³-hybridized carbons (Fsp3) is 0.333. The van der Waals surface area contributed by atoms with Crippen molar-refractivity contribution in [1.82, 2.24) is 15.5 Å². The van der Waals surface area contributed by atoms with Crippen LogP contribution in [0.4, 0.5) is 4.39 Å². The molecule has 0 spiro atoms. The summed E-state index contributed by atoms with van der Waals surface area (Å²) in [6.07, 6.45) is 0.551. The molecule has 0 saturated heterocycles. The predicted molar refractivity (Wildman–Crippen MR) is 60.9 cm³/mol. The van der Waals surface area contributed by atoms with Crippen molar-refractivity contribution >= 4 is 0 Å². The zero-order valence-corrected chi connectivity index (χ0v) is 9.61. The summed E-state index contributed by atoms with van der Waals surface area (Å²) in [6, 6.07) is 6.29. The summed E-state index contributed by atoms with van der Waals surface area (Å²) in [5, 5.41) is 6.97. The molecule has 1 aromatic carbocycles. The van der Waals surface area contributed by atoms with E-state index < -0.39 is 0 Å². The Balaban J connectivity index is 1.98. The zero-order chi connectivity index (χ0) is 12.1. The minimum Gasteiger partial charge on any atom is -0.338 e. The molecular formula is C12H14FN3O. The van der Waals surface area contributed by atoms with Crippen LogP contribution in [0.25, 0.3) is 0 Å². The smallest absolute Gasteiger partial charge is 0.240 e. The van der Waals surface area contributed by atoms with Gasteiger partial charge in [-0.25, -0.2) is 4.39 Å². The van der Waals surface area contributed by atoms with Crippen LogP contribution in [0.5, 0.6) is 0 Å². The summed E-state index contributed by atoms with van der Waals surface area (Å²) >= 11 is 0. The van der Waals surface area contributed by atoms with Crippen LogP contribution in [0.1, 0.15) is 24.2 Å². The highest BCUT2D eigenvalue weighted by atomic mass is 19.1. The second kappa shape index (κ2) is 5.54. The Kier molecular flexibility index (Phi) is 3.82. The van der Waals surface area contributed by atoms with E-state index in [0.29, 0.717) is 24.7 Å². The number of hydrogen-bond donors (Lipinski definition) is 1. The molecule has 0 radical (unpaired) electrons.